The monoisotopic (exact) mass is 191 g/mol. The minimum Gasteiger partial charge on any atom is -0.308 e. The molecule has 1 fully saturated rings. The average Bonchev–Trinajstić information content (AvgIpc) is 2.19. The van der Waals surface area contributed by atoms with Crippen molar-refractivity contribution in [3.05, 3.63) is 24.5 Å². The average molecular weight is 191 g/mol. The van der Waals surface area contributed by atoms with Crippen LogP contribution in [0.2, 0.25) is 0 Å². The van der Waals surface area contributed by atoms with Gasteiger partial charge in [-0.3, -0.25) is 14.7 Å². The van der Waals surface area contributed by atoms with Crippen LogP contribution in [0.3, 0.4) is 0 Å². The summed E-state index contributed by atoms with van der Waals surface area (Å²) in [6.07, 6.45) is 3.44. The first kappa shape index (κ1) is 9.15. The fourth-order valence-corrected chi connectivity index (χ4v) is 1.58. The molecule has 0 atom stereocenters. The van der Waals surface area contributed by atoms with Crippen molar-refractivity contribution in [1.82, 2.24) is 9.88 Å². The highest BCUT2D eigenvalue weighted by Gasteiger charge is 2.22. The molecule has 0 aromatic carbocycles. The van der Waals surface area contributed by atoms with Gasteiger partial charge in [-0.05, 0) is 19.2 Å². The van der Waals surface area contributed by atoms with E-state index in [-0.39, 0.29) is 5.91 Å². The smallest absolute Gasteiger partial charge is 0.241 e. The van der Waals surface area contributed by atoms with E-state index in [2.05, 4.69) is 4.98 Å². The van der Waals surface area contributed by atoms with Crippen LogP contribution in [0.25, 0.3) is 0 Å². The van der Waals surface area contributed by atoms with Crippen molar-refractivity contribution in [2.75, 3.05) is 31.6 Å². The fourth-order valence-electron chi connectivity index (χ4n) is 1.58. The Labute approximate surface area is 83.2 Å². The Kier molecular flexibility index (Phi) is 2.45. The molecule has 0 radical (unpaired) electrons. The summed E-state index contributed by atoms with van der Waals surface area (Å²) in [5, 5.41) is 0. The summed E-state index contributed by atoms with van der Waals surface area (Å²) in [7, 11) is 1.96. The summed E-state index contributed by atoms with van der Waals surface area (Å²) in [4.78, 5) is 19.5. The molecule has 0 saturated carbocycles. The second-order valence-electron chi connectivity index (χ2n) is 3.49. The Morgan fingerprint density at radius 3 is 2.93 bits per heavy atom. The van der Waals surface area contributed by atoms with Gasteiger partial charge < -0.3 is 4.90 Å². The van der Waals surface area contributed by atoms with Gasteiger partial charge in [0, 0.05) is 19.3 Å². The zero-order valence-electron chi connectivity index (χ0n) is 8.18. The Hall–Kier alpha value is -1.42. The molecule has 1 aromatic heterocycles. The topological polar surface area (TPSA) is 36.4 Å². The number of anilines is 1. The third kappa shape index (κ3) is 1.75. The number of likely N-dealkylation sites (N-methyl/N-ethyl adjacent to an activating group) is 1. The van der Waals surface area contributed by atoms with E-state index in [4.69, 9.17) is 0 Å². The highest BCUT2D eigenvalue weighted by molar-refractivity contribution is 5.95. The van der Waals surface area contributed by atoms with Crippen molar-refractivity contribution in [3.63, 3.8) is 0 Å². The lowest BCUT2D eigenvalue weighted by atomic mass is 10.3. The molecule has 0 unspecified atom stereocenters. The Morgan fingerprint density at radius 1 is 1.43 bits per heavy atom. The first-order chi connectivity index (χ1) is 6.77. The second-order valence-corrected chi connectivity index (χ2v) is 3.49. The van der Waals surface area contributed by atoms with Gasteiger partial charge in [0.25, 0.3) is 0 Å². The van der Waals surface area contributed by atoms with Crippen molar-refractivity contribution in [3.8, 4) is 0 Å². The molecule has 74 valence electrons. The summed E-state index contributed by atoms with van der Waals surface area (Å²) >= 11 is 0. The van der Waals surface area contributed by atoms with Crippen molar-refractivity contribution in [2.24, 2.45) is 0 Å². The minimum absolute atomic E-state index is 0.145. The van der Waals surface area contributed by atoms with Crippen molar-refractivity contribution < 1.29 is 4.79 Å². The third-order valence-electron chi connectivity index (χ3n) is 2.37. The van der Waals surface area contributed by atoms with E-state index in [1.807, 2.05) is 24.1 Å². The van der Waals surface area contributed by atoms with Gasteiger partial charge in [-0.25, -0.2) is 0 Å². The molecule has 0 N–H and O–H groups in total. The molecule has 4 heteroatoms. The zero-order chi connectivity index (χ0) is 9.97. The molecule has 0 bridgehead atoms. The number of nitrogens with zero attached hydrogens (tertiary/aromatic N) is 3. The van der Waals surface area contributed by atoms with E-state index < -0.39 is 0 Å². The van der Waals surface area contributed by atoms with E-state index in [1.165, 1.54) is 0 Å². The second kappa shape index (κ2) is 3.75. The van der Waals surface area contributed by atoms with Gasteiger partial charge in [0.1, 0.15) is 0 Å². The van der Waals surface area contributed by atoms with Gasteiger partial charge in [-0.2, -0.15) is 0 Å². The lowest BCUT2D eigenvalue weighted by molar-refractivity contribution is -0.120. The molecule has 14 heavy (non-hydrogen) atoms. The molecule has 1 amide bonds. The van der Waals surface area contributed by atoms with Crippen LogP contribution in [-0.4, -0.2) is 42.5 Å². The van der Waals surface area contributed by atoms with Crippen molar-refractivity contribution in [2.45, 2.75) is 0 Å². The first-order valence-corrected chi connectivity index (χ1v) is 4.66. The maximum absolute atomic E-state index is 11.7. The lowest BCUT2D eigenvalue weighted by Crippen LogP contribution is -2.48. The van der Waals surface area contributed by atoms with Crippen LogP contribution in [0.5, 0.6) is 0 Å². The molecule has 1 aliphatic heterocycles. The van der Waals surface area contributed by atoms with Gasteiger partial charge in [-0.15, -0.1) is 0 Å². The van der Waals surface area contributed by atoms with Crippen molar-refractivity contribution in [1.29, 1.82) is 0 Å². The van der Waals surface area contributed by atoms with Crippen LogP contribution in [0.15, 0.2) is 24.5 Å². The predicted octanol–water partition coefficient (Wildman–Crippen LogP) is 0.360. The highest BCUT2D eigenvalue weighted by atomic mass is 16.2. The molecule has 0 aliphatic carbocycles. The molecular weight excluding hydrogens is 178 g/mol. The fraction of sp³-hybridized carbons (Fsp3) is 0.400. The number of carbonyl (C=O) groups excluding carboxylic acids is 1. The van der Waals surface area contributed by atoms with E-state index in [0.717, 1.165) is 18.8 Å². The lowest BCUT2D eigenvalue weighted by Gasteiger charge is -2.31. The maximum atomic E-state index is 11.7. The largest absolute Gasteiger partial charge is 0.308 e. The molecule has 1 saturated heterocycles. The van der Waals surface area contributed by atoms with Gasteiger partial charge >= 0.3 is 0 Å². The Bertz CT molecular complexity index is 325. The molecular formula is C10H13N3O. The highest BCUT2D eigenvalue weighted by Crippen LogP contribution is 2.14. The van der Waals surface area contributed by atoms with Gasteiger partial charge in [0.2, 0.25) is 5.91 Å². The Balaban J connectivity index is 2.16. The van der Waals surface area contributed by atoms with Crippen LogP contribution in [0.1, 0.15) is 0 Å². The molecule has 1 aromatic rings. The van der Waals surface area contributed by atoms with Gasteiger partial charge in [-0.1, -0.05) is 0 Å². The number of rotatable bonds is 1. The number of aromatic nitrogens is 1. The molecule has 0 spiro atoms. The first-order valence-electron chi connectivity index (χ1n) is 4.66. The standard InChI is InChI=1S/C10H13N3O/c1-12-5-6-13(10(14)8-12)9-3-2-4-11-7-9/h2-4,7H,5-6,8H2,1H3. The summed E-state index contributed by atoms with van der Waals surface area (Å²) in [6, 6.07) is 3.76. The van der Waals surface area contributed by atoms with Gasteiger partial charge in [0.05, 0.1) is 18.4 Å². The summed E-state index contributed by atoms with van der Waals surface area (Å²) in [5.41, 5.74) is 0.894. The number of hydrogen-bond donors (Lipinski definition) is 0. The van der Waals surface area contributed by atoms with E-state index >= 15 is 0 Å². The third-order valence-corrected chi connectivity index (χ3v) is 2.37. The predicted molar refractivity (Wildman–Crippen MR) is 54.1 cm³/mol. The molecule has 2 rings (SSSR count). The number of pyridine rings is 1. The SMILES string of the molecule is CN1CCN(c2cccnc2)C(=O)C1. The van der Waals surface area contributed by atoms with Crippen LogP contribution in [-0.2, 0) is 4.79 Å². The van der Waals surface area contributed by atoms with Crippen LogP contribution in [0.4, 0.5) is 5.69 Å². The molecule has 2 heterocycles. The normalized spacial score (nSPS) is 18.6. The molecule has 1 aliphatic rings. The molecule has 4 nitrogen and oxygen atoms in total. The van der Waals surface area contributed by atoms with Crippen molar-refractivity contribution >= 4 is 11.6 Å². The number of carbonyl (C=O) groups is 1. The number of piperazine rings is 1. The Morgan fingerprint density at radius 2 is 2.29 bits per heavy atom. The number of amides is 1. The van der Waals surface area contributed by atoms with Crippen LogP contribution >= 0.6 is 0 Å². The van der Waals surface area contributed by atoms with Crippen LogP contribution < -0.4 is 4.90 Å². The van der Waals surface area contributed by atoms with Crippen LogP contribution in [0, 0.1) is 0 Å². The van der Waals surface area contributed by atoms with E-state index in [1.54, 1.807) is 17.3 Å². The quantitative estimate of drug-likeness (QED) is 0.643. The number of hydrogen-bond acceptors (Lipinski definition) is 3. The summed E-state index contributed by atoms with van der Waals surface area (Å²) in [5.74, 6) is 0.145. The summed E-state index contributed by atoms with van der Waals surface area (Å²) in [6.45, 7) is 2.16. The van der Waals surface area contributed by atoms with E-state index in [9.17, 15) is 4.79 Å². The maximum Gasteiger partial charge on any atom is 0.241 e. The minimum atomic E-state index is 0.145. The van der Waals surface area contributed by atoms with E-state index in [0.29, 0.717) is 6.54 Å². The zero-order valence-corrected chi connectivity index (χ0v) is 8.18. The van der Waals surface area contributed by atoms with Gasteiger partial charge in [0.15, 0.2) is 0 Å². The summed E-state index contributed by atoms with van der Waals surface area (Å²) < 4.78 is 0.